The van der Waals surface area contributed by atoms with Crippen molar-refractivity contribution < 1.29 is 4.74 Å². The molecule has 1 aromatic heterocycles. The molecule has 0 saturated heterocycles. The minimum atomic E-state index is 0.228. The Morgan fingerprint density at radius 1 is 1.35 bits per heavy atom. The van der Waals surface area contributed by atoms with Gasteiger partial charge in [-0.3, -0.25) is 4.99 Å². The molecule has 0 spiro atoms. The first-order valence-corrected chi connectivity index (χ1v) is 8.23. The molecule has 2 rings (SSSR count). The third-order valence-electron chi connectivity index (χ3n) is 3.98. The van der Waals surface area contributed by atoms with Crippen molar-refractivity contribution in [2.24, 2.45) is 4.99 Å². The van der Waals surface area contributed by atoms with E-state index >= 15 is 0 Å². The van der Waals surface area contributed by atoms with Crippen LogP contribution in [0.25, 0.3) is 10.9 Å². The third-order valence-corrected chi connectivity index (χ3v) is 3.98. The van der Waals surface area contributed by atoms with E-state index in [4.69, 9.17) is 4.74 Å². The van der Waals surface area contributed by atoms with E-state index in [1.165, 1.54) is 22.0 Å². The number of rotatable bonds is 7. The van der Waals surface area contributed by atoms with Crippen LogP contribution >= 0.6 is 0 Å². The van der Waals surface area contributed by atoms with Crippen LogP contribution in [0.1, 0.15) is 25.0 Å². The number of guanidine groups is 1. The van der Waals surface area contributed by atoms with Crippen molar-refractivity contribution in [3.63, 3.8) is 0 Å². The first-order chi connectivity index (χ1) is 11.2. The van der Waals surface area contributed by atoms with Gasteiger partial charge in [0.05, 0.1) is 6.61 Å². The summed E-state index contributed by atoms with van der Waals surface area (Å²) in [4.78, 5) is 7.67. The predicted molar refractivity (Wildman–Crippen MR) is 97.2 cm³/mol. The van der Waals surface area contributed by atoms with E-state index in [1.807, 2.05) is 0 Å². The fourth-order valence-electron chi connectivity index (χ4n) is 2.81. The van der Waals surface area contributed by atoms with Crippen molar-refractivity contribution in [3.8, 4) is 0 Å². The average Bonchev–Trinajstić information content (AvgIpc) is 2.97. The second kappa shape index (κ2) is 8.58. The van der Waals surface area contributed by atoms with Gasteiger partial charge in [0.25, 0.3) is 0 Å². The molecular weight excluding hydrogens is 288 g/mol. The van der Waals surface area contributed by atoms with Gasteiger partial charge in [0, 0.05) is 43.8 Å². The summed E-state index contributed by atoms with van der Waals surface area (Å²) >= 11 is 0. The highest BCUT2D eigenvalue weighted by atomic mass is 16.5. The molecule has 0 amide bonds. The van der Waals surface area contributed by atoms with Gasteiger partial charge in [0.2, 0.25) is 0 Å². The van der Waals surface area contributed by atoms with Gasteiger partial charge in [-0.15, -0.1) is 0 Å². The maximum Gasteiger partial charge on any atom is 0.191 e. The smallest absolute Gasteiger partial charge is 0.191 e. The van der Waals surface area contributed by atoms with Crippen LogP contribution in [0, 0.1) is 0 Å². The number of methoxy groups -OCH3 is 1. The SMILES string of the molecule is CCc1cccc2c(CCNC(=NC)NC(C)COC)c[nH]c12. The van der Waals surface area contributed by atoms with Gasteiger partial charge < -0.3 is 20.4 Å². The third kappa shape index (κ3) is 4.48. The Labute approximate surface area is 138 Å². The maximum atomic E-state index is 5.13. The maximum absolute atomic E-state index is 5.13. The Kier molecular flexibility index (Phi) is 6.47. The lowest BCUT2D eigenvalue weighted by Gasteiger charge is -2.17. The number of aliphatic imine (C=N–C) groups is 1. The summed E-state index contributed by atoms with van der Waals surface area (Å²) in [5.41, 5.74) is 3.97. The number of para-hydroxylation sites is 1. The number of ether oxygens (including phenoxy) is 1. The van der Waals surface area contributed by atoms with Crippen LogP contribution in [-0.4, -0.2) is 44.3 Å². The second-order valence-electron chi connectivity index (χ2n) is 5.76. The van der Waals surface area contributed by atoms with Gasteiger partial charge in [-0.1, -0.05) is 25.1 Å². The number of nitrogens with zero attached hydrogens (tertiary/aromatic N) is 1. The number of aryl methyl sites for hydroxylation is 1. The van der Waals surface area contributed by atoms with Crippen molar-refractivity contribution >= 4 is 16.9 Å². The number of nitrogens with one attached hydrogen (secondary N) is 3. The highest BCUT2D eigenvalue weighted by Crippen LogP contribution is 2.22. The van der Waals surface area contributed by atoms with Gasteiger partial charge in [0.15, 0.2) is 5.96 Å². The van der Waals surface area contributed by atoms with Crippen molar-refractivity contribution in [2.75, 3.05) is 27.3 Å². The molecule has 1 aromatic carbocycles. The second-order valence-corrected chi connectivity index (χ2v) is 5.76. The Hall–Kier alpha value is -2.01. The zero-order valence-electron chi connectivity index (χ0n) is 14.6. The molecular formula is C18H28N4O. The fourth-order valence-corrected chi connectivity index (χ4v) is 2.81. The molecule has 2 aromatic rings. The first kappa shape index (κ1) is 17.3. The molecule has 0 aliphatic carbocycles. The summed E-state index contributed by atoms with van der Waals surface area (Å²) < 4.78 is 5.13. The van der Waals surface area contributed by atoms with Crippen LogP contribution in [0.15, 0.2) is 29.4 Å². The van der Waals surface area contributed by atoms with Crippen molar-refractivity contribution in [1.82, 2.24) is 15.6 Å². The van der Waals surface area contributed by atoms with Crippen LogP contribution in [0.2, 0.25) is 0 Å². The Bertz CT molecular complexity index is 648. The number of aromatic nitrogens is 1. The molecule has 126 valence electrons. The van der Waals surface area contributed by atoms with E-state index < -0.39 is 0 Å². The summed E-state index contributed by atoms with van der Waals surface area (Å²) in [6.07, 6.45) is 4.12. The lowest BCUT2D eigenvalue weighted by molar-refractivity contribution is 0.179. The van der Waals surface area contributed by atoms with Gasteiger partial charge >= 0.3 is 0 Å². The monoisotopic (exact) mass is 316 g/mol. The Morgan fingerprint density at radius 3 is 2.87 bits per heavy atom. The summed E-state index contributed by atoms with van der Waals surface area (Å²) in [5.74, 6) is 0.809. The number of aromatic amines is 1. The molecule has 1 unspecified atom stereocenters. The van der Waals surface area contributed by atoms with E-state index in [0.717, 1.165) is 25.3 Å². The summed E-state index contributed by atoms with van der Waals surface area (Å²) in [6, 6.07) is 6.74. The van der Waals surface area contributed by atoms with Crippen molar-refractivity contribution in [1.29, 1.82) is 0 Å². The van der Waals surface area contributed by atoms with Crippen LogP contribution in [0.3, 0.4) is 0 Å². The quantitative estimate of drug-likeness (QED) is 0.543. The number of fused-ring (bicyclic) bond motifs is 1. The van der Waals surface area contributed by atoms with Crippen LogP contribution in [0.5, 0.6) is 0 Å². The predicted octanol–water partition coefficient (Wildman–Crippen LogP) is 2.47. The van der Waals surface area contributed by atoms with Gasteiger partial charge in [-0.2, -0.15) is 0 Å². The zero-order valence-corrected chi connectivity index (χ0v) is 14.6. The summed E-state index contributed by atoms with van der Waals surface area (Å²) in [7, 11) is 3.49. The minimum absolute atomic E-state index is 0.228. The van der Waals surface area contributed by atoms with Crippen LogP contribution in [0.4, 0.5) is 0 Å². The van der Waals surface area contributed by atoms with Gasteiger partial charge in [-0.05, 0) is 30.9 Å². The number of benzene rings is 1. The molecule has 0 radical (unpaired) electrons. The summed E-state index contributed by atoms with van der Waals surface area (Å²) in [5, 5.41) is 7.99. The van der Waals surface area contributed by atoms with Gasteiger partial charge in [-0.25, -0.2) is 0 Å². The number of hydrogen-bond donors (Lipinski definition) is 3. The molecule has 0 aliphatic heterocycles. The lowest BCUT2D eigenvalue weighted by Crippen LogP contribution is -2.44. The Balaban J connectivity index is 1.93. The first-order valence-electron chi connectivity index (χ1n) is 8.23. The Morgan fingerprint density at radius 2 is 2.17 bits per heavy atom. The summed E-state index contributed by atoms with van der Waals surface area (Å²) in [6.45, 7) is 5.75. The minimum Gasteiger partial charge on any atom is -0.383 e. The molecule has 5 heteroatoms. The fraction of sp³-hybridized carbons (Fsp3) is 0.500. The van der Waals surface area contributed by atoms with Crippen molar-refractivity contribution in [2.45, 2.75) is 32.7 Å². The lowest BCUT2D eigenvalue weighted by atomic mass is 10.1. The van der Waals surface area contributed by atoms with E-state index in [1.54, 1.807) is 14.2 Å². The van der Waals surface area contributed by atoms with Crippen LogP contribution in [-0.2, 0) is 17.6 Å². The zero-order chi connectivity index (χ0) is 16.7. The van der Waals surface area contributed by atoms with Crippen LogP contribution < -0.4 is 10.6 Å². The van der Waals surface area contributed by atoms with Gasteiger partial charge in [0.1, 0.15) is 0 Å². The topological polar surface area (TPSA) is 61.4 Å². The molecule has 5 nitrogen and oxygen atoms in total. The highest BCUT2D eigenvalue weighted by molar-refractivity contribution is 5.86. The molecule has 1 atom stereocenters. The molecule has 3 N–H and O–H groups in total. The molecule has 23 heavy (non-hydrogen) atoms. The number of H-pyrrole nitrogens is 1. The standard InChI is InChI=1S/C18H28N4O/c1-5-14-7-6-8-16-15(11-21-17(14)16)9-10-20-18(19-3)22-13(2)12-23-4/h6-8,11,13,21H,5,9-10,12H2,1-4H3,(H2,19,20,22). The molecule has 0 bridgehead atoms. The molecule has 0 aliphatic rings. The normalized spacial score (nSPS) is 13.3. The highest BCUT2D eigenvalue weighted by Gasteiger charge is 2.08. The van der Waals surface area contributed by atoms with E-state index in [9.17, 15) is 0 Å². The van der Waals surface area contributed by atoms with E-state index in [2.05, 4.69) is 58.9 Å². The van der Waals surface area contributed by atoms with E-state index in [0.29, 0.717) is 6.61 Å². The molecule has 0 fully saturated rings. The molecule has 0 saturated carbocycles. The molecule has 1 heterocycles. The van der Waals surface area contributed by atoms with Crippen molar-refractivity contribution in [3.05, 3.63) is 35.5 Å². The van der Waals surface area contributed by atoms with E-state index in [-0.39, 0.29) is 6.04 Å². The largest absolute Gasteiger partial charge is 0.383 e. The average molecular weight is 316 g/mol. The number of hydrogen-bond acceptors (Lipinski definition) is 2.